The van der Waals surface area contributed by atoms with E-state index in [0.717, 1.165) is 25.7 Å². The monoisotopic (exact) mass is 172 g/mol. The molecule has 0 aromatic rings. The lowest BCUT2D eigenvalue weighted by molar-refractivity contribution is 0.198. The van der Waals surface area contributed by atoms with Gasteiger partial charge in [0.2, 0.25) is 0 Å². The van der Waals surface area contributed by atoms with E-state index in [9.17, 15) is 0 Å². The highest BCUT2D eigenvalue weighted by atomic mass is 16.5. The second-order valence-corrected chi connectivity index (χ2v) is 3.54. The maximum Gasteiger partial charge on any atom is 0.0587 e. The van der Waals surface area contributed by atoms with Crippen molar-refractivity contribution in [3.05, 3.63) is 0 Å². The molecule has 0 saturated heterocycles. The quantitative estimate of drug-likeness (QED) is 0.544. The molecule has 3 heteroatoms. The van der Waals surface area contributed by atoms with E-state index in [4.69, 9.17) is 4.74 Å². The fourth-order valence-electron chi connectivity index (χ4n) is 1.20. The highest BCUT2D eigenvalue weighted by molar-refractivity contribution is 4.83. The number of ether oxygens (including phenoxy) is 1. The lowest BCUT2D eigenvalue weighted by atomic mass is 10.3. The first-order valence-electron chi connectivity index (χ1n) is 4.78. The zero-order chi connectivity index (χ0) is 8.81. The minimum Gasteiger partial charge on any atom is -0.383 e. The van der Waals surface area contributed by atoms with Crippen molar-refractivity contribution in [2.24, 2.45) is 0 Å². The van der Waals surface area contributed by atoms with Gasteiger partial charge in [0, 0.05) is 32.3 Å². The average Bonchev–Trinajstić information content (AvgIpc) is 2.82. The van der Waals surface area contributed by atoms with Crippen LogP contribution in [0.1, 0.15) is 19.8 Å². The van der Waals surface area contributed by atoms with Crippen molar-refractivity contribution in [1.29, 1.82) is 0 Å². The molecule has 1 saturated carbocycles. The molecule has 0 bridgehead atoms. The normalized spacial score (nSPS) is 19.5. The molecule has 0 amide bonds. The number of methoxy groups -OCH3 is 1. The molecule has 1 unspecified atom stereocenters. The van der Waals surface area contributed by atoms with E-state index in [-0.39, 0.29) is 0 Å². The summed E-state index contributed by atoms with van der Waals surface area (Å²) in [7, 11) is 1.73. The minimum absolute atomic E-state index is 0.592. The van der Waals surface area contributed by atoms with Crippen molar-refractivity contribution in [3.8, 4) is 0 Å². The Bertz CT molecular complexity index is 115. The zero-order valence-corrected chi connectivity index (χ0v) is 8.10. The standard InChI is InChI=1S/C9H20N2O/c1-8(11-9-3-4-9)7-10-5-6-12-2/h8-11H,3-7H2,1-2H3. The van der Waals surface area contributed by atoms with Gasteiger partial charge >= 0.3 is 0 Å². The van der Waals surface area contributed by atoms with Crippen molar-refractivity contribution < 1.29 is 4.74 Å². The largest absolute Gasteiger partial charge is 0.383 e. The Morgan fingerprint density at radius 3 is 2.83 bits per heavy atom. The van der Waals surface area contributed by atoms with E-state index in [1.165, 1.54) is 12.8 Å². The third-order valence-electron chi connectivity index (χ3n) is 2.03. The minimum atomic E-state index is 0.592. The summed E-state index contributed by atoms with van der Waals surface area (Å²) in [6.07, 6.45) is 2.73. The molecule has 12 heavy (non-hydrogen) atoms. The van der Waals surface area contributed by atoms with Gasteiger partial charge in [-0.25, -0.2) is 0 Å². The summed E-state index contributed by atoms with van der Waals surface area (Å²) in [6, 6.07) is 1.40. The summed E-state index contributed by atoms with van der Waals surface area (Å²) >= 11 is 0. The van der Waals surface area contributed by atoms with Gasteiger partial charge < -0.3 is 15.4 Å². The third kappa shape index (κ3) is 4.70. The van der Waals surface area contributed by atoms with Gasteiger partial charge in [-0.2, -0.15) is 0 Å². The number of rotatable bonds is 7. The Labute approximate surface area is 74.9 Å². The number of hydrogen-bond acceptors (Lipinski definition) is 3. The third-order valence-corrected chi connectivity index (χ3v) is 2.03. The summed E-state index contributed by atoms with van der Waals surface area (Å²) in [6.45, 7) is 5.02. The first-order valence-corrected chi connectivity index (χ1v) is 4.78. The Balaban J connectivity index is 1.83. The van der Waals surface area contributed by atoms with Crippen LogP contribution in [-0.2, 0) is 4.74 Å². The molecule has 0 heterocycles. The first kappa shape index (κ1) is 9.96. The van der Waals surface area contributed by atoms with E-state index in [1.54, 1.807) is 7.11 Å². The van der Waals surface area contributed by atoms with Crippen molar-refractivity contribution in [1.82, 2.24) is 10.6 Å². The van der Waals surface area contributed by atoms with Gasteiger partial charge in [0.05, 0.1) is 6.61 Å². The molecule has 0 aromatic heterocycles. The molecule has 1 atom stereocenters. The predicted molar refractivity (Wildman–Crippen MR) is 50.4 cm³/mol. The summed E-state index contributed by atoms with van der Waals surface area (Å²) in [5.41, 5.74) is 0. The Kier molecular flexibility index (Phi) is 4.58. The van der Waals surface area contributed by atoms with Crippen molar-refractivity contribution in [2.45, 2.75) is 31.8 Å². The fourth-order valence-corrected chi connectivity index (χ4v) is 1.20. The van der Waals surface area contributed by atoms with Gasteiger partial charge in [-0.05, 0) is 19.8 Å². The van der Waals surface area contributed by atoms with Crippen LogP contribution < -0.4 is 10.6 Å². The second-order valence-electron chi connectivity index (χ2n) is 3.54. The van der Waals surface area contributed by atoms with Crippen LogP contribution in [0.15, 0.2) is 0 Å². The molecule has 0 aromatic carbocycles. The molecule has 2 N–H and O–H groups in total. The van der Waals surface area contributed by atoms with Gasteiger partial charge in [0.25, 0.3) is 0 Å². The zero-order valence-electron chi connectivity index (χ0n) is 8.10. The molecule has 1 aliphatic carbocycles. The fraction of sp³-hybridized carbons (Fsp3) is 1.00. The van der Waals surface area contributed by atoms with E-state index in [0.29, 0.717) is 6.04 Å². The summed E-state index contributed by atoms with van der Waals surface area (Å²) in [5.74, 6) is 0. The molecular formula is C9H20N2O. The van der Waals surface area contributed by atoms with Gasteiger partial charge in [0.1, 0.15) is 0 Å². The Morgan fingerprint density at radius 1 is 1.50 bits per heavy atom. The smallest absolute Gasteiger partial charge is 0.0587 e. The highest BCUT2D eigenvalue weighted by Gasteiger charge is 2.22. The second kappa shape index (κ2) is 5.51. The Morgan fingerprint density at radius 2 is 2.25 bits per heavy atom. The summed E-state index contributed by atoms with van der Waals surface area (Å²) in [4.78, 5) is 0. The molecule has 1 fully saturated rings. The first-order chi connectivity index (χ1) is 5.83. The lowest BCUT2D eigenvalue weighted by Crippen LogP contribution is -2.38. The van der Waals surface area contributed by atoms with Gasteiger partial charge in [-0.15, -0.1) is 0 Å². The molecule has 1 aliphatic rings. The van der Waals surface area contributed by atoms with E-state index >= 15 is 0 Å². The van der Waals surface area contributed by atoms with Crippen LogP contribution in [0.3, 0.4) is 0 Å². The van der Waals surface area contributed by atoms with Crippen LogP contribution in [0.25, 0.3) is 0 Å². The van der Waals surface area contributed by atoms with Crippen LogP contribution in [0.5, 0.6) is 0 Å². The van der Waals surface area contributed by atoms with Crippen molar-refractivity contribution in [2.75, 3.05) is 26.8 Å². The van der Waals surface area contributed by atoms with Crippen LogP contribution in [0, 0.1) is 0 Å². The van der Waals surface area contributed by atoms with E-state index in [2.05, 4.69) is 17.6 Å². The number of hydrogen-bond donors (Lipinski definition) is 2. The molecule has 0 aliphatic heterocycles. The molecule has 1 rings (SSSR count). The van der Waals surface area contributed by atoms with Gasteiger partial charge in [-0.3, -0.25) is 0 Å². The van der Waals surface area contributed by atoms with Crippen LogP contribution in [-0.4, -0.2) is 38.9 Å². The van der Waals surface area contributed by atoms with Crippen molar-refractivity contribution >= 4 is 0 Å². The van der Waals surface area contributed by atoms with Crippen LogP contribution in [0.2, 0.25) is 0 Å². The summed E-state index contributed by atoms with van der Waals surface area (Å²) in [5, 5.41) is 6.86. The van der Waals surface area contributed by atoms with Gasteiger partial charge in [0.15, 0.2) is 0 Å². The maximum atomic E-state index is 4.93. The lowest BCUT2D eigenvalue weighted by Gasteiger charge is -2.13. The topological polar surface area (TPSA) is 33.3 Å². The Hall–Kier alpha value is -0.120. The maximum absolute atomic E-state index is 4.93. The van der Waals surface area contributed by atoms with Gasteiger partial charge in [-0.1, -0.05) is 0 Å². The predicted octanol–water partition coefficient (Wildman–Crippen LogP) is 0.363. The highest BCUT2D eigenvalue weighted by Crippen LogP contribution is 2.18. The summed E-state index contributed by atoms with van der Waals surface area (Å²) < 4.78 is 4.93. The van der Waals surface area contributed by atoms with Crippen LogP contribution in [0.4, 0.5) is 0 Å². The number of nitrogens with one attached hydrogen (secondary N) is 2. The van der Waals surface area contributed by atoms with E-state index < -0.39 is 0 Å². The SMILES string of the molecule is COCCNCC(C)NC1CC1. The average molecular weight is 172 g/mol. The molecule has 0 radical (unpaired) electrons. The molecule has 72 valence electrons. The molecule has 3 nitrogen and oxygen atoms in total. The molecular weight excluding hydrogens is 152 g/mol. The van der Waals surface area contributed by atoms with Crippen LogP contribution >= 0.6 is 0 Å². The molecule has 0 spiro atoms. The van der Waals surface area contributed by atoms with E-state index in [1.807, 2.05) is 0 Å². The van der Waals surface area contributed by atoms with Crippen molar-refractivity contribution in [3.63, 3.8) is 0 Å².